The summed E-state index contributed by atoms with van der Waals surface area (Å²) in [6.45, 7) is 2.11. The summed E-state index contributed by atoms with van der Waals surface area (Å²) in [4.78, 5) is 28.8. The predicted molar refractivity (Wildman–Crippen MR) is 126 cm³/mol. The molecule has 2 N–H and O–H groups in total. The number of aromatic nitrogens is 3. The van der Waals surface area contributed by atoms with Crippen molar-refractivity contribution in [1.29, 1.82) is 0 Å². The Balaban J connectivity index is 1.35. The molecule has 1 saturated heterocycles. The van der Waals surface area contributed by atoms with Gasteiger partial charge in [-0.15, -0.1) is 0 Å². The summed E-state index contributed by atoms with van der Waals surface area (Å²) in [5.74, 6) is -0.937. The molecule has 178 valence electrons. The third-order valence-electron chi connectivity index (χ3n) is 5.69. The van der Waals surface area contributed by atoms with Crippen LogP contribution in [0.1, 0.15) is 36.5 Å². The zero-order valence-electron chi connectivity index (χ0n) is 18.7. The Hall–Kier alpha value is -3.57. The number of hydrogen-bond donors (Lipinski definition) is 2. The maximum absolute atomic E-state index is 13.1. The lowest BCUT2D eigenvalue weighted by atomic mass is 10.1. The number of hydrogen-bond acceptors (Lipinski definition) is 6. The number of carbonyl (C=O) groups is 2. The van der Waals surface area contributed by atoms with Crippen LogP contribution in [0.4, 0.5) is 5.69 Å². The van der Waals surface area contributed by atoms with Gasteiger partial charge in [0.25, 0.3) is 5.91 Å². The molecule has 1 aliphatic heterocycles. The number of carbonyl (C=O) groups excluding carboxylic acids is 2. The van der Waals surface area contributed by atoms with Crippen molar-refractivity contribution in [3.8, 4) is 5.69 Å². The molecule has 1 unspecified atom stereocenters. The van der Waals surface area contributed by atoms with E-state index < -0.39 is 21.8 Å². The van der Waals surface area contributed by atoms with Crippen molar-refractivity contribution >= 4 is 27.5 Å². The fourth-order valence-corrected chi connectivity index (χ4v) is 5.61. The third kappa shape index (κ3) is 5.32. The Morgan fingerprint density at radius 1 is 1.12 bits per heavy atom. The molecule has 11 heteroatoms. The number of piperidine rings is 1. The highest BCUT2D eigenvalue weighted by atomic mass is 32.2. The van der Waals surface area contributed by atoms with Crippen LogP contribution in [-0.4, -0.2) is 58.4 Å². The molecule has 1 fully saturated rings. The Bertz CT molecular complexity index is 1260. The predicted octanol–water partition coefficient (Wildman–Crippen LogP) is 2.20. The topological polar surface area (TPSA) is 126 Å². The van der Waals surface area contributed by atoms with Gasteiger partial charge in [0, 0.05) is 23.8 Å². The largest absolute Gasteiger partial charge is 0.343 e. The zero-order valence-corrected chi connectivity index (χ0v) is 19.5. The Labute approximate surface area is 198 Å². The van der Waals surface area contributed by atoms with E-state index in [2.05, 4.69) is 20.7 Å². The number of rotatable bonds is 7. The second-order valence-corrected chi connectivity index (χ2v) is 10.00. The van der Waals surface area contributed by atoms with Crippen LogP contribution >= 0.6 is 0 Å². The fraction of sp³-hybridized carbons (Fsp3) is 0.304. The van der Waals surface area contributed by atoms with Crippen molar-refractivity contribution in [2.45, 2.75) is 37.1 Å². The van der Waals surface area contributed by atoms with E-state index in [1.807, 2.05) is 6.92 Å². The van der Waals surface area contributed by atoms with Crippen LogP contribution in [0.3, 0.4) is 0 Å². The molecule has 3 aromatic rings. The van der Waals surface area contributed by atoms with Crippen LogP contribution in [0.25, 0.3) is 5.69 Å². The second-order valence-electron chi connectivity index (χ2n) is 8.11. The van der Waals surface area contributed by atoms with E-state index >= 15 is 0 Å². The van der Waals surface area contributed by atoms with Crippen molar-refractivity contribution in [3.05, 3.63) is 66.7 Å². The molecular weight excluding hydrogens is 456 g/mol. The van der Waals surface area contributed by atoms with E-state index in [0.717, 1.165) is 24.9 Å². The first kappa shape index (κ1) is 23.6. The van der Waals surface area contributed by atoms with Gasteiger partial charge in [0.1, 0.15) is 12.7 Å². The average molecular weight is 483 g/mol. The summed E-state index contributed by atoms with van der Waals surface area (Å²) in [5, 5.41) is 9.28. The van der Waals surface area contributed by atoms with Gasteiger partial charge in [0.05, 0.1) is 17.1 Å². The molecule has 0 saturated carbocycles. The zero-order chi connectivity index (χ0) is 24.1. The lowest BCUT2D eigenvalue weighted by Gasteiger charge is -2.32. The van der Waals surface area contributed by atoms with Crippen molar-refractivity contribution in [1.82, 2.24) is 24.4 Å². The summed E-state index contributed by atoms with van der Waals surface area (Å²) in [6, 6.07) is 12.8. The van der Waals surface area contributed by atoms with Gasteiger partial charge in [-0.2, -0.15) is 9.40 Å². The molecule has 4 rings (SSSR count). The lowest BCUT2D eigenvalue weighted by Crippen LogP contribution is -2.42. The summed E-state index contributed by atoms with van der Waals surface area (Å²) >= 11 is 0. The van der Waals surface area contributed by atoms with E-state index in [4.69, 9.17) is 0 Å². The van der Waals surface area contributed by atoms with Gasteiger partial charge >= 0.3 is 0 Å². The van der Waals surface area contributed by atoms with Crippen molar-refractivity contribution in [3.63, 3.8) is 0 Å². The van der Waals surface area contributed by atoms with Gasteiger partial charge in [-0.25, -0.2) is 18.1 Å². The molecule has 1 aromatic heterocycles. The van der Waals surface area contributed by atoms with Gasteiger partial charge in [0.15, 0.2) is 0 Å². The highest BCUT2D eigenvalue weighted by Crippen LogP contribution is 2.25. The molecule has 2 amide bonds. The van der Waals surface area contributed by atoms with Gasteiger partial charge in [0.2, 0.25) is 15.9 Å². The number of nitrogens with one attached hydrogen (secondary N) is 2. The minimum atomic E-state index is -3.70. The molecular formula is C23H26N6O4S. The maximum Gasteiger partial charge on any atom is 0.251 e. The van der Waals surface area contributed by atoms with E-state index in [1.54, 1.807) is 35.3 Å². The standard InChI is InChI=1S/C23H26N6O4S/c1-17-5-2-3-12-29(17)34(32,33)21-7-4-6-18(13-21)23(31)25-14-22(30)27-19-8-10-20(11-9-19)28-16-24-15-26-28/h4,6-11,13,15-17H,2-3,5,12,14H2,1H3,(H,25,31)(H,27,30). The van der Waals surface area contributed by atoms with Crippen LogP contribution in [0.5, 0.6) is 0 Å². The molecule has 1 aliphatic rings. The number of nitrogens with zero attached hydrogens (tertiary/aromatic N) is 4. The quantitative estimate of drug-likeness (QED) is 0.532. The lowest BCUT2D eigenvalue weighted by molar-refractivity contribution is -0.115. The van der Waals surface area contributed by atoms with Crippen LogP contribution in [0.2, 0.25) is 0 Å². The summed E-state index contributed by atoms with van der Waals surface area (Å²) in [5.41, 5.74) is 1.53. The SMILES string of the molecule is CC1CCCCN1S(=O)(=O)c1cccc(C(=O)NCC(=O)Nc2ccc(-n3cncn3)cc2)c1. The molecule has 1 atom stereocenters. The number of anilines is 1. The van der Waals surface area contributed by atoms with Crippen LogP contribution in [0.15, 0.2) is 66.1 Å². The molecule has 0 aliphatic carbocycles. The molecule has 0 bridgehead atoms. The summed E-state index contributed by atoms with van der Waals surface area (Å²) in [6.07, 6.45) is 5.64. The smallest absolute Gasteiger partial charge is 0.251 e. The minimum Gasteiger partial charge on any atom is -0.343 e. The van der Waals surface area contributed by atoms with E-state index in [1.165, 1.54) is 34.9 Å². The van der Waals surface area contributed by atoms with Crippen LogP contribution < -0.4 is 10.6 Å². The molecule has 2 heterocycles. The van der Waals surface area contributed by atoms with E-state index in [-0.39, 0.29) is 23.0 Å². The maximum atomic E-state index is 13.1. The molecule has 2 aromatic carbocycles. The average Bonchev–Trinajstić information content (AvgIpc) is 3.38. The van der Waals surface area contributed by atoms with E-state index in [0.29, 0.717) is 12.2 Å². The summed E-state index contributed by atoms with van der Waals surface area (Å²) < 4.78 is 29.2. The van der Waals surface area contributed by atoms with Crippen LogP contribution in [0, 0.1) is 0 Å². The highest BCUT2D eigenvalue weighted by Gasteiger charge is 2.31. The molecule has 10 nitrogen and oxygen atoms in total. The summed E-state index contributed by atoms with van der Waals surface area (Å²) in [7, 11) is -3.70. The normalized spacial score (nSPS) is 16.7. The van der Waals surface area contributed by atoms with Crippen molar-refractivity contribution in [2.75, 3.05) is 18.4 Å². The third-order valence-corrected chi connectivity index (χ3v) is 7.70. The van der Waals surface area contributed by atoms with Crippen molar-refractivity contribution in [2.24, 2.45) is 0 Å². The first-order chi connectivity index (χ1) is 16.3. The van der Waals surface area contributed by atoms with Gasteiger partial charge < -0.3 is 10.6 Å². The first-order valence-corrected chi connectivity index (χ1v) is 12.4. The Kier molecular flexibility index (Phi) is 7.03. The number of benzene rings is 2. The highest BCUT2D eigenvalue weighted by molar-refractivity contribution is 7.89. The van der Waals surface area contributed by atoms with Gasteiger partial charge in [-0.3, -0.25) is 9.59 Å². The van der Waals surface area contributed by atoms with Gasteiger partial charge in [-0.1, -0.05) is 12.5 Å². The molecule has 0 radical (unpaired) electrons. The number of sulfonamides is 1. The Morgan fingerprint density at radius 2 is 1.91 bits per heavy atom. The molecule has 34 heavy (non-hydrogen) atoms. The fourth-order valence-electron chi connectivity index (χ4n) is 3.87. The first-order valence-electron chi connectivity index (χ1n) is 11.0. The van der Waals surface area contributed by atoms with E-state index in [9.17, 15) is 18.0 Å². The van der Waals surface area contributed by atoms with Gasteiger partial charge in [-0.05, 0) is 62.2 Å². The number of amides is 2. The van der Waals surface area contributed by atoms with Crippen LogP contribution in [-0.2, 0) is 14.8 Å². The molecule has 0 spiro atoms. The second kappa shape index (κ2) is 10.1. The minimum absolute atomic E-state index is 0.0748. The Morgan fingerprint density at radius 3 is 2.62 bits per heavy atom. The monoisotopic (exact) mass is 482 g/mol. The van der Waals surface area contributed by atoms with Crippen molar-refractivity contribution < 1.29 is 18.0 Å².